The molecule has 1 unspecified atom stereocenters. The number of carbonyl (C=O) groups is 2. The Kier molecular flexibility index (Phi) is 5.16. The lowest BCUT2D eigenvalue weighted by Crippen LogP contribution is -2.16. The number of methoxy groups -OCH3 is 1. The van der Waals surface area contributed by atoms with Crippen LogP contribution in [0.3, 0.4) is 0 Å². The molecule has 0 bridgehead atoms. The molecule has 120 valence electrons. The van der Waals surface area contributed by atoms with Gasteiger partial charge in [0.05, 0.1) is 18.6 Å². The van der Waals surface area contributed by atoms with E-state index in [9.17, 15) is 14.7 Å². The lowest BCUT2D eigenvalue weighted by molar-refractivity contribution is -0.138. The van der Waals surface area contributed by atoms with E-state index in [0.29, 0.717) is 12.0 Å². The number of aryl methyl sites for hydroxylation is 2. The molecule has 2 aromatic rings. The molecule has 0 aromatic heterocycles. The average molecular weight is 312 g/mol. The zero-order valence-electron chi connectivity index (χ0n) is 13.5. The summed E-state index contributed by atoms with van der Waals surface area (Å²) in [5.74, 6) is -1.87. The smallest absolute Gasteiger partial charge is 0.337 e. The maximum Gasteiger partial charge on any atom is 0.337 e. The minimum Gasteiger partial charge on any atom is -0.481 e. The molecule has 1 atom stereocenters. The van der Waals surface area contributed by atoms with Crippen molar-refractivity contribution < 1.29 is 19.4 Å². The first-order valence-electron chi connectivity index (χ1n) is 7.39. The van der Waals surface area contributed by atoms with E-state index in [-0.39, 0.29) is 0 Å². The van der Waals surface area contributed by atoms with Gasteiger partial charge in [-0.25, -0.2) is 4.79 Å². The minimum absolute atomic E-state index is 0.376. The third-order valence-corrected chi connectivity index (χ3v) is 3.91. The van der Waals surface area contributed by atoms with Crippen LogP contribution in [-0.2, 0) is 16.0 Å². The summed E-state index contributed by atoms with van der Waals surface area (Å²) in [6.07, 6.45) is 0.376. The van der Waals surface area contributed by atoms with Gasteiger partial charge in [0, 0.05) is 0 Å². The normalized spacial score (nSPS) is 11.8. The summed E-state index contributed by atoms with van der Waals surface area (Å²) >= 11 is 0. The maximum atomic E-state index is 11.7. The Balaban J connectivity index is 2.26. The van der Waals surface area contributed by atoms with Crippen molar-refractivity contribution in [1.82, 2.24) is 0 Å². The fourth-order valence-corrected chi connectivity index (χ4v) is 2.68. The molecular weight excluding hydrogens is 292 g/mol. The standard InChI is InChI=1S/C19H20O4/c1-12-4-9-16(13(2)10-12)17(18(20)21)11-14-5-7-15(8-6-14)19(22)23-3/h4-10,17H,11H2,1-3H3,(H,20,21). The van der Waals surface area contributed by atoms with Crippen LogP contribution >= 0.6 is 0 Å². The molecule has 0 radical (unpaired) electrons. The molecule has 0 saturated heterocycles. The largest absolute Gasteiger partial charge is 0.481 e. The van der Waals surface area contributed by atoms with Crippen LogP contribution in [0, 0.1) is 13.8 Å². The quantitative estimate of drug-likeness (QED) is 0.858. The second-order valence-electron chi connectivity index (χ2n) is 5.64. The molecule has 4 nitrogen and oxygen atoms in total. The first kappa shape index (κ1) is 16.7. The van der Waals surface area contributed by atoms with Gasteiger partial charge in [0.2, 0.25) is 0 Å². The Morgan fingerprint density at radius 2 is 1.74 bits per heavy atom. The molecule has 0 spiro atoms. The molecule has 0 heterocycles. The van der Waals surface area contributed by atoms with Gasteiger partial charge >= 0.3 is 11.9 Å². The molecule has 2 rings (SSSR count). The van der Waals surface area contributed by atoms with Gasteiger partial charge in [-0.2, -0.15) is 0 Å². The predicted molar refractivity (Wildman–Crippen MR) is 87.8 cm³/mol. The Morgan fingerprint density at radius 1 is 1.09 bits per heavy atom. The first-order valence-corrected chi connectivity index (χ1v) is 7.39. The van der Waals surface area contributed by atoms with Crippen LogP contribution in [-0.4, -0.2) is 24.2 Å². The number of hydrogen-bond donors (Lipinski definition) is 1. The molecule has 1 N–H and O–H groups in total. The highest BCUT2D eigenvalue weighted by Crippen LogP contribution is 2.25. The highest BCUT2D eigenvalue weighted by Gasteiger charge is 2.22. The maximum absolute atomic E-state index is 11.7. The summed E-state index contributed by atoms with van der Waals surface area (Å²) in [4.78, 5) is 23.1. The van der Waals surface area contributed by atoms with Gasteiger partial charge in [0.15, 0.2) is 0 Å². The molecule has 2 aromatic carbocycles. The lowest BCUT2D eigenvalue weighted by atomic mass is 9.88. The van der Waals surface area contributed by atoms with Gasteiger partial charge in [-0.1, -0.05) is 35.9 Å². The van der Waals surface area contributed by atoms with E-state index < -0.39 is 17.9 Å². The van der Waals surface area contributed by atoms with Crippen molar-refractivity contribution in [3.05, 3.63) is 70.3 Å². The first-order chi connectivity index (χ1) is 10.9. The average Bonchev–Trinajstić information content (AvgIpc) is 2.53. The Morgan fingerprint density at radius 3 is 2.26 bits per heavy atom. The van der Waals surface area contributed by atoms with Crippen molar-refractivity contribution in [2.45, 2.75) is 26.2 Å². The number of carboxylic acids is 1. The van der Waals surface area contributed by atoms with E-state index in [1.165, 1.54) is 7.11 Å². The summed E-state index contributed by atoms with van der Waals surface area (Å²) < 4.78 is 4.66. The van der Waals surface area contributed by atoms with Gasteiger partial charge in [0.1, 0.15) is 0 Å². The van der Waals surface area contributed by atoms with Gasteiger partial charge in [-0.3, -0.25) is 4.79 Å². The zero-order valence-corrected chi connectivity index (χ0v) is 13.5. The Labute approximate surface area is 135 Å². The van der Waals surface area contributed by atoms with Crippen molar-refractivity contribution >= 4 is 11.9 Å². The van der Waals surface area contributed by atoms with E-state index in [1.54, 1.807) is 24.3 Å². The lowest BCUT2D eigenvalue weighted by Gasteiger charge is -2.16. The van der Waals surface area contributed by atoms with E-state index in [0.717, 1.165) is 22.3 Å². The van der Waals surface area contributed by atoms with Crippen molar-refractivity contribution in [3.8, 4) is 0 Å². The Hall–Kier alpha value is -2.62. The van der Waals surface area contributed by atoms with Gasteiger partial charge < -0.3 is 9.84 Å². The van der Waals surface area contributed by atoms with Crippen LogP contribution in [0.5, 0.6) is 0 Å². The van der Waals surface area contributed by atoms with Crippen LogP contribution in [0.2, 0.25) is 0 Å². The molecular formula is C19H20O4. The van der Waals surface area contributed by atoms with Gasteiger partial charge in [-0.05, 0) is 49.1 Å². The molecule has 0 saturated carbocycles. The van der Waals surface area contributed by atoms with Crippen molar-refractivity contribution in [2.75, 3.05) is 7.11 Å². The molecule has 0 aliphatic heterocycles. The zero-order chi connectivity index (χ0) is 17.0. The number of hydrogen-bond acceptors (Lipinski definition) is 3. The Bertz CT molecular complexity index is 717. The fraction of sp³-hybridized carbons (Fsp3) is 0.263. The summed E-state index contributed by atoms with van der Waals surface area (Å²) in [7, 11) is 1.33. The molecule has 0 fully saturated rings. The number of rotatable bonds is 5. The van der Waals surface area contributed by atoms with Crippen LogP contribution in [0.1, 0.15) is 38.5 Å². The number of esters is 1. The van der Waals surface area contributed by atoms with Crippen molar-refractivity contribution in [2.24, 2.45) is 0 Å². The number of carbonyl (C=O) groups excluding carboxylic acids is 1. The van der Waals surface area contributed by atoms with Crippen LogP contribution in [0.25, 0.3) is 0 Å². The summed E-state index contributed by atoms with van der Waals surface area (Å²) in [6, 6.07) is 12.7. The highest BCUT2D eigenvalue weighted by atomic mass is 16.5. The number of benzene rings is 2. The third kappa shape index (κ3) is 3.97. The van der Waals surface area contributed by atoms with E-state index in [4.69, 9.17) is 0 Å². The topological polar surface area (TPSA) is 63.6 Å². The monoisotopic (exact) mass is 312 g/mol. The predicted octanol–water partition coefficient (Wildman–Crippen LogP) is 3.50. The van der Waals surface area contributed by atoms with Gasteiger partial charge in [-0.15, -0.1) is 0 Å². The minimum atomic E-state index is -0.853. The van der Waals surface area contributed by atoms with E-state index >= 15 is 0 Å². The fourth-order valence-electron chi connectivity index (χ4n) is 2.68. The molecule has 23 heavy (non-hydrogen) atoms. The van der Waals surface area contributed by atoms with Crippen molar-refractivity contribution in [3.63, 3.8) is 0 Å². The van der Waals surface area contributed by atoms with Crippen LogP contribution < -0.4 is 0 Å². The summed E-state index contributed by atoms with van der Waals surface area (Å²) in [6.45, 7) is 3.91. The number of ether oxygens (including phenoxy) is 1. The highest BCUT2D eigenvalue weighted by molar-refractivity contribution is 5.89. The van der Waals surface area contributed by atoms with Crippen LogP contribution in [0.15, 0.2) is 42.5 Å². The van der Waals surface area contributed by atoms with E-state index in [2.05, 4.69) is 4.74 Å². The van der Waals surface area contributed by atoms with Crippen LogP contribution in [0.4, 0.5) is 0 Å². The number of carboxylic acid groups (broad SMARTS) is 1. The van der Waals surface area contributed by atoms with E-state index in [1.807, 2.05) is 32.0 Å². The second-order valence-corrected chi connectivity index (χ2v) is 5.64. The molecule has 4 heteroatoms. The number of aliphatic carboxylic acids is 1. The second kappa shape index (κ2) is 7.09. The molecule has 0 amide bonds. The van der Waals surface area contributed by atoms with Gasteiger partial charge in [0.25, 0.3) is 0 Å². The van der Waals surface area contributed by atoms with Crippen molar-refractivity contribution in [1.29, 1.82) is 0 Å². The summed E-state index contributed by atoms with van der Waals surface area (Å²) in [5.41, 5.74) is 4.22. The molecule has 0 aliphatic carbocycles. The summed E-state index contributed by atoms with van der Waals surface area (Å²) in [5, 5.41) is 9.59. The third-order valence-electron chi connectivity index (χ3n) is 3.91. The SMILES string of the molecule is COC(=O)c1ccc(CC(C(=O)O)c2ccc(C)cc2C)cc1. The molecule has 0 aliphatic rings.